The van der Waals surface area contributed by atoms with Crippen LogP contribution in [0.25, 0.3) is 0 Å². The molecule has 1 fully saturated rings. The Morgan fingerprint density at radius 3 is 2.76 bits per heavy atom. The van der Waals surface area contributed by atoms with Crippen molar-refractivity contribution in [2.45, 2.75) is 44.7 Å². The third kappa shape index (κ3) is 4.71. The van der Waals surface area contributed by atoms with Gasteiger partial charge in [-0.3, -0.25) is 4.79 Å². The van der Waals surface area contributed by atoms with Gasteiger partial charge in [0.25, 0.3) is 0 Å². The molecule has 2 atom stereocenters. The van der Waals surface area contributed by atoms with Crippen LogP contribution in [0.15, 0.2) is 15.9 Å². The minimum atomic E-state index is -0.816. The number of hydrogen-bond donors (Lipinski definition) is 3. The van der Waals surface area contributed by atoms with Gasteiger partial charge < -0.3 is 15.7 Å². The second-order valence-corrected chi connectivity index (χ2v) is 7.06. The molecule has 0 bridgehead atoms. The molecule has 2 amide bonds. The van der Waals surface area contributed by atoms with Crippen LogP contribution >= 0.6 is 27.3 Å². The molecule has 116 valence electrons. The Morgan fingerprint density at radius 1 is 1.33 bits per heavy atom. The van der Waals surface area contributed by atoms with E-state index in [2.05, 4.69) is 26.6 Å². The maximum absolute atomic E-state index is 12.0. The maximum Gasteiger partial charge on any atom is 0.315 e. The predicted octanol–water partition coefficient (Wildman–Crippen LogP) is 3.34. The van der Waals surface area contributed by atoms with Gasteiger partial charge >= 0.3 is 12.0 Å². The molecule has 1 aliphatic carbocycles. The highest BCUT2D eigenvalue weighted by Gasteiger charge is 2.30. The summed E-state index contributed by atoms with van der Waals surface area (Å²) < 4.78 is 0.977. The normalized spacial score (nSPS) is 22.3. The summed E-state index contributed by atoms with van der Waals surface area (Å²) in [6.07, 6.45) is 4.28. The van der Waals surface area contributed by atoms with Gasteiger partial charge in [-0.05, 0) is 40.2 Å². The quantitative estimate of drug-likeness (QED) is 0.707. The van der Waals surface area contributed by atoms with Crippen molar-refractivity contribution in [2.24, 2.45) is 5.92 Å². The van der Waals surface area contributed by atoms with Gasteiger partial charge in [0.1, 0.15) is 0 Å². The number of thiophene rings is 1. The number of carbonyl (C=O) groups excluding carboxylic acids is 1. The summed E-state index contributed by atoms with van der Waals surface area (Å²) in [4.78, 5) is 24.3. The molecule has 0 aromatic carbocycles. The van der Waals surface area contributed by atoms with E-state index in [9.17, 15) is 14.7 Å². The SMILES string of the molecule is O=C(NCc1sccc1Br)NC1CCCCCC1C(=O)O. The zero-order valence-corrected chi connectivity index (χ0v) is 14.0. The van der Waals surface area contributed by atoms with Crippen molar-refractivity contribution < 1.29 is 14.7 Å². The van der Waals surface area contributed by atoms with Crippen LogP contribution in [-0.4, -0.2) is 23.1 Å². The molecule has 0 spiro atoms. The molecule has 0 aliphatic heterocycles. The van der Waals surface area contributed by atoms with E-state index in [1.165, 1.54) is 0 Å². The summed E-state index contributed by atoms with van der Waals surface area (Å²) in [5.41, 5.74) is 0. The monoisotopic (exact) mass is 374 g/mol. The van der Waals surface area contributed by atoms with Gasteiger partial charge in [0.05, 0.1) is 12.5 Å². The van der Waals surface area contributed by atoms with Gasteiger partial charge in [0.2, 0.25) is 0 Å². The molecule has 1 aliphatic rings. The summed E-state index contributed by atoms with van der Waals surface area (Å²) in [6.45, 7) is 0.439. The fraction of sp³-hybridized carbons (Fsp3) is 0.571. The van der Waals surface area contributed by atoms with Crippen LogP contribution in [0.4, 0.5) is 4.79 Å². The maximum atomic E-state index is 12.0. The molecular weight excluding hydrogens is 356 g/mol. The van der Waals surface area contributed by atoms with Crippen molar-refractivity contribution in [2.75, 3.05) is 0 Å². The Morgan fingerprint density at radius 2 is 2.10 bits per heavy atom. The first-order valence-corrected chi connectivity index (χ1v) is 8.74. The molecular formula is C14H19BrN2O3S. The highest BCUT2D eigenvalue weighted by atomic mass is 79.9. The molecule has 7 heteroatoms. The number of nitrogens with one attached hydrogen (secondary N) is 2. The zero-order chi connectivity index (χ0) is 15.2. The highest BCUT2D eigenvalue weighted by Crippen LogP contribution is 2.24. The van der Waals surface area contributed by atoms with E-state index in [0.29, 0.717) is 13.0 Å². The van der Waals surface area contributed by atoms with Crippen molar-refractivity contribution in [1.29, 1.82) is 0 Å². The molecule has 1 aromatic heterocycles. The Balaban J connectivity index is 1.87. The molecule has 1 saturated carbocycles. The predicted molar refractivity (Wildman–Crippen MR) is 85.4 cm³/mol. The third-order valence-corrected chi connectivity index (χ3v) is 5.68. The number of aliphatic carboxylic acids is 1. The Labute approximate surface area is 136 Å². The highest BCUT2D eigenvalue weighted by molar-refractivity contribution is 9.10. The van der Waals surface area contributed by atoms with E-state index in [-0.39, 0.29) is 12.1 Å². The van der Waals surface area contributed by atoms with Gasteiger partial charge in [-0.25, -0.2) is 4.79 Å². The van der Waals surface area contributed by atoms with Gasteiger partial charge in [-0.1, -0.05) is 19.3 Å². The molecule has 1 aromatic rings. The standard InChI is InChI=1S/C14H19BrN2O3S/c15-10-6-7-21-12(10)8-16-14(20)17-11-5-3-1-2-4-9(11)13(18)19/h6-7,9,11H,1-5,8H2,(H,18,19)(H2,16,17,20). The molecule has 0 radical (unpaired) electrons. The minimum absolute atomic E-state index is 0.281. The van der Waals surface area contributed by atoms with Crippen LogP contribution in [0, 0.1) is 5.92 Å². The average molecular weight is 375 g/mol. The third-order valence-electron chi connectivity index (χ3n) is 3.75. The molecule has 0 saturated heterocycles. The van der Waals surface area contributed by atoms with E-state index in [1.807, 2.05) is 11.4 Å². The summed E-state index contributed by atoms with van der Waals surface area (Å²) in [5.74, 6) is -1.30. The van der Waals surface area contributed by atoms with E-state index in [4.69, 9.17) is 0 Å². The summed E-state index contributed by atoms with van der Waals surface area (Å²) in [6, 6.07) is 1.36. The van der Waals surface area contributed by atoms with E-state index >= 15 is 0 Å². The van der Waals surface area contributed by atoms with Crippen LogP contribution in [0.2, 0.25) is 0 Å². The number of amides is 2. The fourth-order valence-electron chi connectivity index (χ4n) is 2.61. The second-order valence-electron chi connectivity index (χ2n) is 5.21. The van der Waals surface area contributed by atoms with Crippen LogP contribution in [0.5, 0.6) is 0 Å². The number of hydrogen-bond acceptors (Lipinski definition) is 3. The Hall–Kier alpha value is -1.08. The molecule has 3 N–H and O–H groups in total. The lowest BCUT2D eigenvalue weighted by Crippen LogP contribution is -2.47. The number of urea groups is 1. The van der Waals surface area contributed by atoms with E-state index in [1.54, 1.807) is 11.3 Å². The van der Waals surface area contributed by atoms with Crippen LogP contribution in [0.3, 0.4) is 0 Å². The topological polar surface area (TPSA) is 78.4 Å². The first-order valence-electron chi connectivity index (χ1n) is 7.07. The first-order chi connectivity index (χ1) is 10.1. The molecule has 21 heavy (non-hydrogen) atoms. The van der Waals surface area contributed by atoms with Gasteiger partial charge in [-0.15, -0.1) is 11.3 Å². The van der Waals surface area contributed by atoms with Gasteiger partial charge in [0.15, 0.2) is 0 Å². The van der Waals surface area contributed by atoms with Crippen molar-refractivity contribution in [1.82, 2.24) is 10.6 Å². The summed E-state index contributed by atoms with van der Waals surface area (Å²) in [7, 11) is 0. The van der Waals surface area contributed by atoms with Crippen molar-refractivity contribution in [3.63, 3.8) is 0 Å². The average Bonchev–Trinajstić information content (AvgIpc) is 2.70. The minimum Gasteiger partial charge on any atom is -0.481 e. The van der Waals surface area contributed by atoms with Crippen molar-refractivity contribution >= 4 is 39.3 Å². The molecule has 5 nitrogen and oxygen atoms in total. The van der Waals surface area contributed by atoms with Crippen LogP contribution in [0.1, 0.15) is 37.0 Å². The van der Waals surface area contributed by atoms with E-state index in [0.717, 1.165) is 35.0 Å². The fourth-order valence-corrected chi connectivity index (χ4v) is 4.04. The number of rotatable bonds is 4. The molecule has 1 heterocycles. The van der Waals surface area contributed by atoms with Crippen molar-refractivity contribution in [3.05, 3.63) is 20.8 Å². The molecule has 2 unspecified atom stereocenters. The van der Waals surface area contributed by atoms with Crippen LogP contribution < -0.4 is 10.6 Å². The lowest BCUT2D eigenvalue weighted by molar-refractivity contribution is -0.142. The Bertz CT molecular complexity index is 506. The van der Waals surface area contributed by atoms with E-state index < -0.39 is 11.9 Å². The first kappa shape index (κ1) is 16.3. The lowest BCUT2D eigenvalue weighted by Gasteiger charge is -2.23. The second kappa shape index (κ2) is 7.79. The van der Waals surface area contributed by atoms with Gasteiger partial charge in [0, 0.05) is 15.4 Å². The summed E-state index contributed by atoms with van der Waals surface area (Å²) >= 11 is 4.98. The van der Waals surface area contributed by atoms with Crippen molar-refractivity contribution in [3.8, 4) is 0 Å². The number of carboxylic acid groups (broad SMARTS) is 1. The number of halogens is 1. The van der Waals surface area contributed by atoms with Gasteiger partial charge in [-0.2, -0.15) is 0 Å². The zero-order valence-electron chi connectivity index (χ0n) is 11.6. The van der Waals surface area contributed by atoms with Crippen LogP contribution in [-0.2, 0) is 11.3 Å². The molecule has 2 rings (SSSR count). The smallest absolute Gasteiger partial charge is 0.315 e. The number of carboxylic acids is 1. The number of carbonyl (C=O) groups is 2. The summed E-state index contributed by atoms with van der Waals surface area (Å²) in [5, 5.41) is 16.9. The lowest BCUT2D eigenvalue weighted by atomic mass is 9.95. The largest absolute Gasteiger partial charge is 0.481 e. The Kier molecular flexibility index (Phi) is 6.05.